The van der Waals surface area contributed by atoms with E-state index in [2.05, 4.69) is 5.32 Å². The standard InChI is InChI=1S/C20H19FN2O3/c21-15-4-1-3-13(9-15)10-16-5-2-8-23(16)20(25)14-6-7-17-18(11-14)26-12-19(24)22-17/h1,3-4,6-7,9,11,16H,2,5,8,10,12H2,(H,22,24). The molecule has 2 aliphatic heterocycles. The van der Waals surface area contributed by atoms with Crippen LogP contribution in [0.1, 0.15) is 28.8 Å². The molecule has 2 aliphatic rings. The Morgan fingerprint density at radius 3 is 3.00 bits per heavy atom. The molecule has 2 heterocycles. The minimum Gasteiger partial charge on any atom is -0.482 e. The van der Waals surface area contributed by atoms with Crippen molar-refractivity contribution in [3.63, 3.8) is 0 Å². The second-order valence-electron chi connectivity index (χ2n) is 6.68. The number of carbonyl (C=O) groups is 2. The fourth-order valence-electron chi connectivity index (χ4n) is 3.62. The maximum atomic E-state index is 13.4. The summed E-state index contributed by atoms with van der Waals surface area (Å²) in [4.78, 5) is 26.2. The summed E-state index contributed by atoms with van der Waals surface area (Å²) >= 11 is 0. The lowest BCUT2D eigenvalue weighted by molar-refractivity contribution is -0.118. The Balaban J connectivity index is 1.52. The summed E-state index contributed by atoms with van der Waals surface area (Å²) in [6, 6.07) is 11.7. The van der Waals surface area contributed by atoms with Gasteiger partial charge in [0.15, 0.2) is 6.61 Å². The van der Waals surface area contributed by atoms with Crippen LogP contribution in [0.3, 0.4) is 0 Å². The third kappa shape index (κ3) is 3.27. The van der Waals surface area contributed by atoms with E-state index in [0.29, 0.717) is 30.0 Å². The summed E-state index contributed by atoms with van der Waals surface area (Å²) in [5.74, 6) is -0.0120. The Morgan fingerprint density at radius 1 is 1.27 bits per heavy atom. The average molecular weight is 354 g/mol. The van der Waals surface area contributed by atoms with Crippen molar-refractivity contribution in [2.45, 2.75) is 25.3 Å². The van der Waals surface area contributed by atoms with Crippen molar-refractivity contribution in [1.29, 1.82) is 0 Å². The zero-order valence-corrected chi connectivity index (χ0v) is 14.2. The lowest BCUT2D eigenvalue weighted by atomic mass is 10.0. The smallest absolute Gasteiger partial charge is 0.262 e. The third-order valence-corrected chi connectivity index (χ3v) is 4.86. The van der Waals surface area contributed by atoms with Crippen molar-refractivity contribution in [3.8, 4) is 5.75 Å². The highest BCUT2D eigenvalue weighted by Gasteiger charge is 2.30. The van der Waals surface area contributed by atoms with Crippen LogP contribution >= 0.6 is 0 Å². The van der Waals surface area contributed by atoms with Crippen molar-refractivity contribution in [2.75, 3.05) is 18.5 Å². The molecule has 0 radical (unpaired) electrons. The maximum absolute atomic E-state index is 13.4. The molecule has 1 unspecified atom stereocenters. The molecule has 4 rings (SSSR count). The zero-order chi connectivity index (χ0) is 18.1. The van der Waals surface area contributed by atoms with Gasteiger partial charge in [0.25, 0.3) is 11.8 Å². The van der Waals surface area contributed by atoms with Crippen LogP contribution in [-0.2, 0) is 11.2 Å². The highest BCUT2D eigenvalue weighted by molar-refractivity contribution is 5.99. The van der Waals surface area contributed by atoms with Gasteiger partial charge in [0.05, 0.1) is 5.69 Å². The Morgan fingerprint density at radius 2 is 2.15 bits per heavy atom. The molecule has 0 saturated carbocycles. The Labute approximate surface area is 150 Å². The van der Waals surface area contributed by atoms with Gasteiger partial charge >= 0.3 is 0 Å². The summed E-state index contributed by atoms with van der Waals surface area (Å²) in [5.41, 5.74) is 2.01. The second-order valence-corrected chi connectivity index (χ2v) is 6.68. The van der Waals surface area contributed by atoms with E-state index in [-0.39, 0.29) is 30.3 Å². The van der Waals surface area contributed by atoms with E-state index in [9.17, 15) is 14.0 Å². The van der Waals surface area contributed by atoms with Crippen LogP contribution in [0.5, 0.6) is 5.75 Å². The van der Waals surface area contributed by atoms with Gasteiger partial charge in [-0.2, -0.15) is 0 Å². The number of benzene rings is 2. The minimum absolute atomic E-state index is 0.0451. The van der Waals surface area contributed by atoms with Gasteiger partial charge in [-0.3, -0.25) is 9.59 Å². The lowest BCUT2D eigenvalue weighted by Crippen LogP contribution is -2.37. The van der Waals surface area contributed by atoms with E-state index in [4.69, 9.17) is 4.74 Å². The number of rotatable bonds is 3. The van der Waals surface area contributed by atoms with E-state index >= 15 is 0 Å². The number of carbonyl (C=O) groups excluding carboxylic acids is 2. The van der Waals surface area contributed by atoms with E-state index < -0.39 is 0 Å². The maximum Gasteiger partial charge on any atom is 0.262 e. The van der Waals surface area contributed by atoms with E-state index in [1.807, 2.05) is 11.0 Å². The molecule has 2 aromatic carbocycles. The van der Waals surface area contributed by atoms with Crippen LogP contribution in [0.4, 0.5) is 10.1 Å². The Kier molecular flexibility index (Phi) is 4.32. The van der Waals surface area contributed by atoms with Crippen LogP contribution in [0, 0.1) is 5.82 Å². The van der Waals surface area contributed by atoms with Gasteiger partial charge < -0.3 is 15.0 Å². The first-order chi connectivity index (χ1) is 12.6. The molecule has 1 fully saturated rings. The molecule has 1 saturated heterocycles. The monoisotopic (exact) mass is 354 g/mol. The summed E-state index contributed by atoms with van der Waals surface area (Å²) in [5, 5.41) is 2.72. The Bertz CT molecular complexity index is 868. The number of amides is 2. The summed E-state index contributed by atoms with van der Waals surface area (Å²) < 4.78 is 18.8. The second kappa shape index (κ2) is 6.78. The van der Waals surface area contributed by atoms with Crippen molar-refractivity contribution in [3.05, 3.63) is 59.4 Å². The topological polar surface area (TPSA) is 58.6 Å². The predicted molar refractivity (Wildman–Crippen MR) is 94.7 cm³/mol. The van der Waals surface area contributed by atoms with Crippen molar-refractivity contribution >= 4 is 17.5 Å². The SMILES string of the molecule is O=C1COc2cc(C(=O)N3CCCC3Cc3cccc(F)c3)ccc2N1. The van der Waals surface area contributed by atoms with Gasteiger partial charge in [-0.1, -0.05) is 12.1 Å². The zero-order valence-electron chi connectivity index (χ0n) is 14.2. The quantitative estimate of drug-likeness (QED) is 0.922. The average Bonchev–Trinajstić information content (AvgIpc) is 3.08. The van der Waals surface area contributed by atoms with Gasteiger partial charge in [-0.15, -0.1) is 0 Å². The van der Waals surface area contributed by atoms with Gasteiger partial charge in [0.1, 0.15) is 11.6 Å². The fourth-order valence-corrected chi connectivity index (χ4v) is 3.62. The molecule has 0 aliphatic carbocycles. The first kappa shape index (κ1) is 16.6. The van der Waals surface area contributed by atoms with Gasteiger partial charge in [-0.05, 0) is 55.2 Å². The van der Waals surface area contributed by atoms with Gasteiger partial charge in [0, 0.05) is 18.2 Å². The van der Waals surface area contributed by atoms with Crippen LogP contribution in [0.15, 0.2) is 42.5 Å². The third-order valence-electron chi connectivity index (χ3n) is 4.86. The highest BCUT2D eigenvalue weighted by atomic mass is 19.1. The summed E-state index contributed by atoms with van der Waals surface area (Å²) in [6.07, 6.45) is 2.48. The van der Waals surface area contributed by atoms with Crippen LogP contribution in [0.2, 0.25) is 0 Å². The molecule has 1 N–H and O–H groups in total. The normalized spacial score (nSPS) is 18.9. The van der Waals surface area contributed by atoms with Crippen LogP contribution < -0.4 is 10.1 Å². The first-order valence-corrected chi connectivity index (χ1v) is 8.72. The number of nitrogens with one attached hydrogen (secondary N) is 1. The molecule has 26 heavy (non-hydrogen) atoms. The van der Waals surface area contributed by atoms with E-state index in [1.54, 1.807) is 24.3 Å². The van der Waals surface area contributed by atoms with E-state index in [1.165, 1.54) is 12.1 Å². The molecule has 2 aromatic rings. The molecule has 0 spiro atoms. The lowest BCUT2D eigenvalue weighted by Gasteiger charge is -2.26. The first-order valence-electron chi connectivity index (χ1n) is 8.72. The number of hydrogen-bond acceptors (Lipinski definition) is 3. The van der Waals surface area contributed by atoms with Gasteiger partial charge in [0.2, 0.25) is 0 Å². The molecular formula is C20H19FN2O3. The van der Waals surface area contributed by atoms with Crippen molar-refractivity contribution in [1.82, 2.24) is 4.90 Å². The number of nitrogens with zero attached hydrogens (tertiary/aromatic N) is 1. The number of anilines is 1. The van der Waals surface area contributed by atoms with Crippen LogP contribution in [0.25, 0.3) is 0 Å². The van der Waals surface area contributed by atoms with Gasteiger partial charge in [-0.25, -0.2) is 4.39 Å². The molecule has 5 nitrogen and oxygen atoms in total. The number of ether oxygens (including phenoxy) is 1. The summed E-state index contributed by atoms with van der Waals surface area (Å²) in [6.45, 7) is 0.643. The summed E-state index contributed by atoms with van der Waals surface area (Å²) in [7, 11) is 0. The molecule has 0 bridgehead atoms. The molecule has 1 atom stereocenters. The number of fused-ring (bicyclic) bond motifs is 1. The molecule has 0 aromatic heterocycles. The minimum atomic E-state index is -0.257. The predicted octanol–water partition coefficient (Wildman–Crippen LogP) is 3.00. The highest BCUT2D eigenvalue weighted by Crippen LogP contribution is 2.30. The molecule has 2 amide bonds. The number of likely N-dealkylation sites (tertiary alicyclic amines) is 1. The molecule has 134 valence electrons. The largest absolute Gasteiger partial charge is 0.482 e. The molecule has 6 heteroatoms. The van der Waals surface area contributed by atoms with Crippen LogP contribution in [-0.4, -0.2) is 35.9 Å². The number of halogens is 1. The van der Waals surface area contributed by atoms with E-state index in [0.717, 1.165) is 18.4 Å². The Hall–Kier alpha value is -2.89. The number of hydrogen-bond donors (Lipinski definition) is 1. The van der Waals surface area contributed by atoms with Crippen molar-refractivity contribution < 1.29 is 18.7 Å². The molecular weight excluding hydrogens is 335 g/mol. The van der Waals surface area contributed by atoms with Crippen molar-refractivity contribution in [2.24, 2.45) is 0 Å². The fraction of sp³-hybridized carbons (Fsp3) is 0.300.